The first-order valence-electron chi connectivity index (χ1n) is 4.30. The zero-order valence-corrected chi connectivity index (χ0v) is 10.5. The molecule has 12 heavy (non-hydrogen) atoms. The molecule has 0 aliphatic heterocycles. The van der Waals surface area contributed by atoms with Gasteiger partial charge in [-0.05, 0) is 0 Å². The van der Waals surface area contributed by atoms with Crippen molar-refractivity contribution >= 4 is 0 Å². The fourth-order valence-corrected chi connectivity index (χ4v) is 3.13. The van der Waals surface area contributed by atoms with Gasteiger partial charge in [0.15, 0.2) is 0 Å². The average Bonchev–Trinajstić information content (AvgIpc) is 2.77. The van der Waals surface area contributed by atoms with E-state index in [9.17, 15) is 0 Å². The normalized spacial score (nSPS) is 20.3. The van der Waals surface area contributed by atoms with Gasteiger partial charge in [0.05, 0.1) is 0 Å². The minimum absolute atomic E-state index is 0. The van der Waals surface area contributed by atoms with Gasteiger partial charge in [-0.25, -0.2) is 0 Å². The molecule has 0 fully saturated rings. The van der Waals surface area contributed by atoms with Crippen molar-refractivity contribution in [3.63, 3.8) is 0 Å². The summed E-state index contributed by atoms with van der Waals surface area (Å²) in [6, 6.07) is 0. The van der Waals surface area contributed by atoms with Crippen LogP contribution in [0, 0.1) is 0 Å². The van der Waals surface area contributed by atoms with Gasteiger partial charge < -0.3 is 1.43 Å². The van der Waals surface area contributed by atoms with Crippen molar-refractivity contribution in [1.82, 2.24) is 0 Å². The number of hydrogen-bond acceptors (Lipinski definition) is 0. The van der Waals surface area contributed by atoms with E-state index in [0.29, 0.717) is 0 Å². The molecule has 0 radical (unpaired) electrons. The molecule has 0 saturated carbocycles. The van der Waals surface area contributed by atoms with Crippen LogP contribution in [0.5, 0.6) is 0 Å². The maximum absolute atomic E-state index is 2.29. The Morgan fingerprint density at radius 2 is 1.58 bits per heavy atom. The van der Waals surface area contributed by atoms with Crippen LogP contribution in [0.3, 0.4) is 0 Å². The van der Waals surface area contributed by atoms with Gasteiger partial charge >= 0.3 is 88.5 Å². The van der Waals surface area contributed by atoms with E-state index < -0.39 is 0 Å². The van der Waals surface area contributed by atoms with E-state index in [2.05, 4.69) is 36.5 Å². The fraction of sp³-hybridized carbons (Fsp3) is 0.273. The molecular weight excluding hydrogens is 311 g/mol. The molecule has 0 heterocycles. The monoisotopic (exact) mass is 324 g/mol. The molecule has 2 aliphatic carbocycles. The Morgan fingerprint density at radius 1 is 1.08 bits per heavy atom. The van der Waals surface area contributed by atoms with E-state index >= 15 is 0 Å². The van der Waals surface area contributed by atoms with Crippen molar-refractivity contribution in [3.8, 4) is 0 Å². The molecule has 0 nitrogen and oxygen atoms in total. The summed E-state index contributed by atoms with van der Waals surface area (Å²) in [5.74, 6) is 0. The van der Waals surface area contributed by atoms with E-state index in [4.69, 9.17) is 0 Å². The predicted octanol–water partition coefficient (Wildman–Crippen LogP) is 3.21. The molecule has 0 aromatic heterocycles. The topological polar surface area (TPSA) is 0 Å². The zero-order valence-electron chi connectivity index (χ0n) is 7.96. The third-order valence-corrected chi connectivity index (χ3v) is 5.01. The van der Waals surface area contributed by atoms with E-state index in [1.807, 2.05) is 0 Å². The Balaban J connectivity index is 0.000000845. The van der Waals surface area contributed by atoms with Crippen molar-refractivity contribution < 1.29 is 25.8 Å². The van der Waals surface area contributed by atoms with Crippen LogP contribution in [-0.2, 0) is 24.4 Å². The van der Waals surface area contributed by atoms with Gasteiger partial charge in [-0.1, -0.05) is 0 Å². The Hall–Kier alpha value is -0.170. The number of rotatable bonds is 2. The van der Waals surface area contributed by atoms with Crippen LogP contribution in [0.25, 0.3) is 0 Å². The molecule has 61 valence electrons. The van der Waals surface area contributed by atoms with Crippen molar-refractivity contribution in [1.29, 1.82) is 0 Å². The number of hydrogen-bond donors (Lipinski definition) is 0. The molecule has 2 aliphatic rings. The molecule has 0 spiro atoms. The molecule has 1 heteroatoms. The Labute approximate surface area is 89.8 Å². The first-order chi connectivity index (χ1) is 5.88. The van der Waals surface area contributed by atoms with E-state index in [-0.39, 0.29) is 1.43 Å². The summed E-state index contributed by atoms with van der Waals surface area (Å²) in [5.41, 5.74) is 3.24. The maximum atomic E-state index is 2.29. The summed E-state index contributed by atoms with van der Waals surface area (Å²) in [6.07, 6.45) is 15.8. The fourth-order valence-electron chi connectivity index (χ4n) is 1.59. The molecule has 2 rings (SSSR count). The van der Waals surface area contributed by atoms with E-state index in [1.165, 1.54) is 37.2 Å². The second kappa shape index (κ2) is 3.69. The standard InChI is InChI=1S/C11H11.Hf.H/c1-2-6-10(5-1)9-11-7-3-4-8-11;;/h1-5,7,9H,6,8H2;;/q;;-1. The molecule has 0 aromatic carbocycles. The Morgan fingerprint density at radius 3 is 1.92 bits per heavy atom. The van der Waals surface area contributed by atoms with Crippen LogP contribution in [0.1, 0.15) is 14.3 Å². The molecular formula is C11H12Hf-. The molecule has 0 N–H and O–H groups in total. The van der Waals surface area contributed by atoms with Gasteiger partial charge in [-0.3, -0.25) is 0 Å². The third-order valence-electron chi connectivity index (χ3n) is 2.34. The van der Waals surface area contributed by atoms with Gasteiger partial charge in [0.25, 0.3) is 0 Å². The molecule has 0 aromatic rings. The van der Waals surface area contributed by atoms with Crippen LogP contribution in [0.4, 0.5) is 0 Å². The van der Waals surface area contributed by atoms with Gasteiger partial charge in [0.2, 0.25) is 0 Å². The van der Waals surface area contributed by atoms with Gasteiger partial charge in [0, 0.05) is 0 Å². The van der Waals surface area contributed by atoms with Crippen molar-refractivity contribution in [2.24, 2.45) is 0 Å². The predicted molar refractivity (Wildman–Crippen MR) is 48.5 cm³/mol. The van der Waals surface area contributed by atoms with Crippen molar-refractivity contribution in [2.75, 3.05) is 0 Å². The van der Waals surface area contributed by atoms with Gasteiger partial charge in [-0.15, -0.1) is 0 Å². The summed E-state index contributed by atoms with van der Waals surface area (Å²) in [7, 11) is 0. The zero-order chi connectivity index (χ0) is 8.39. The number of allylic oxidation sites excluding steroid dienone is 8. The molecule has 0 atom stereocenters. The average molecular weight is 323 g/mol. The summed E-state index contributed by atoms with van der Waals surface area (Å²) < 4.78 is 0.787. The van der Waals surface area contributed by atoms with Crippen molar-refractivity contribution in [2.45, 2.75) is 16.5 Å². The van der Waals surface area contributed by atoms with Gasteiger partial charge in [0.1, 0.15) is 0 Å². The third kappa shape index (κ3) is 1.61. The summed E-state index contributed by atoms with van der Waals surface area (Å²) in [5, 5.41) is 0. The summed E-state index contributed by atoms with van der Waals surface area (Å²) >= 11 is 1.26. The van der Waals surface area contributed by atoms with Crippen LogP contribution < -0.4 is 0 Å². The Kier molecular flexibility index (Phi) is 2.60. The Bertz CT molecular complexity index is 267. The summed E-state index contributed by atoms with van der Waals surface area (Å²) in [4.78, 5) is 0. The quantitative estimate of drug-likeness (QED) is 0.685. The molecule has 0 amide bonds. The van der Waals surface area contributed by atoms with Crippen LogP contribution >= 0.6 is 0 Å². The minimum atomic E-state index is 0. The van der Waals surface area contributed by atoms with E-state index in [0.717, 1.165) is 3.67 Å². The van der Waals surface area contributed by atoms with E-state index in [1.54, 1.807) is 11.1 Å². The van der Waals surface area contributed by atoms with Crippen molar-refractivity contribution in [3.05, 3.63) is 47.6 Å². The first-order valence-corrected chi connectivity index (χ1v) is 6.37. The molecule has 0 unspecified atom stereocenters. The summed E-state index contributed by atoms with van der Waals surface area (Å²) in [6.45, 7) is 0. The second-order valence-corrected chi connectivity index (χ2v) is 5.25. The van der Waals surface area contributed by atoms with Crippen LogP contribution in [0.15, 0.2) is 47.6 Å². The second-order valence-electron chi connectivity index (χ2n) is 3.18. The molecule has 0 saturated heterocycles. The SMILES string of the molecule is [H-].[Hf][CH](C1=CC=CC1)C1=CC=CC1. The van der Waals surface area contributed by atoms with Crippen LogP contribution in [0.2, 0.25) is 3.67 Å². The molecule has 0 bridgehead atoms. The van der Waals surface area contributed by atoms with Crippen LogP contribution in [-0.4, -0.2) is 0 Å². The van der Waals surface area contributed by atoms with Gasteiger partial charge in [-0.2, -0.15) is 0 Å². The first kappa shape index (κ1) is 8.43.